The summed E-state index contributed by atoms with van der Waals surface area (Å²) < 4.78 is 11.0. The molecule has 0 radical (unpaired) electrons. The molecule has 3 rings (SSSR count). The van der Waals surface area contributed by atoms with Crippen LogP contribution in [0.5, 0.6) is 6.01 Å². The number of hydrogen-bond donors (Lipinski definition) is 2. The fourth-order valence-corrected chi connectivity index (χ4v) is 3.43. The molecule has 0 bridgehead atoms. The van der Waals surface area contributed by atoms with Crippen LogP contribution < -0.4 is 15.4 Å². The maximum absolute atomic E-state index is 12.1. The van der Waals surface area contributed by atoms with Crippen LogP contribution in [0.25, 0.3) is 0 Å². The number of aryl methyl sites for hydroxylation is 2. The molecule has 1 aliphatic carbocycles. The fourth-order valence-electron chi connectivity index (χ4n) is 3.43. The first-order chi connectivity index (χ1) is 14.5. The zero-order valence-corrected chi connectivity index (χ0v) is 17.4. The van der Waals surface area contributed by atoms with Crippen molar-refractivity contribution in [3.63, 3.8) is 0 Å². The monoisotopic (exact) mass is 412 g/mol. The van der Waals surface area contributed by atoms with Gasteiger partial charge in [0, 0.05) is 17.4 Å². The van der Waals surface area contributed by atoms with E-state index in [1.165, 1.54) is 0 Å². The summed E-state index contributed by atoms with van der Waals surface area (Å²) in [5.41, 5.74) is 2.66. The minimum Gasteiger partial charge on any atom is -0.460 e. The Morgan fingerprint density at radius 2 is 1.70 bits per heavy atom. The van der Waals surface area contributed by atoms with E-state index in [1.807, 2.05) is 50.2 Å². The number of ether oxygens (including phenoxy) is 2. The number of nitrogens with one attached hydrogen (secondary N) is 2. The molecule has 1 saturated carbocycles. The van der Waals surface area contributed by atoms with Crippen molar-refractivity contribution >= 4 is 12.0 Å². The summed E-state index contributed by atoms with van der Waals surface area (Å²) >= 11 is 0. The van der Waals surface area contributed by atoms with E-state index in [1.54, 1.807) is 0 Å². The molecule has 30 heavy (non-hydrogen) atoms. The van der Waals surface area contributed by atoms with E-state index in [-0.39, 0.29) is 31.2 Å². The van der Waals surface area contributed by atoms with Crippen molar-refractivity contribution in [2.24, 2.45) is 0 Å². The van der Waals surface area contributed by atoms with Crippen LogP contribution in [-0.2, 0) is 16.1 Å². The number of benzene rings is 1. The molecule has 2 N–H and O–H groups in total. The third-order valence-electron chi connectivity index (χ3n) is 4.88. The lowest BCUT2D eigenvalue weighted by Gasteiger charge is -2.29. The Morgan fingerprint density at radius 1 is 1.03 bits per heavy atom. The third kappa shape index (κ3) is 7.02. The highest BCUT2D eigenvalue weighted by molar-refractivity contribution is 5.82. The lowest BCUT2D eigenvalue weighted by molar-refractivity contribution is -0.121. The molecule has 160 valence electrons. The smallest absolute Gasteiger partial charge is 0.407 e. The molecule has 2 aromatic rings. The van der Waals surface area contributed by atoms with Gasteiger partial charge in [0.25, 0.3) is 0 Å². The van der Waals surface area contributed by atoms with Gasteiger partial charge < -0.3 is 20.1 Å². The van der Waals surface area contributed by atoms with Gasteiger partial charge in [0.2, 0.25) is 5.91 Å². The average molecular weight is 412 g/mol. The van der Waals surface area contributed by atoms with Crippen LogP contribution in [0, 0.1) is 13.8 Å². The molecule has 1 heterocycles. The Bertz CT molecular complexity index is 831. The average Bonchev–Trinajstić information content (AvgIpc) is 2.72. The third-order valence-corrected chi connectivity index (χ3v) is 4.88. The van der Waals surface area contributed by atoms with Crippen molar-refractivity contribution in [2.75, 3.05) is 6.54 Å². The van der Waals surface area contributed by atoms with Crippen LogP contribution in [0.3, 0.4) is 0 Å². The molecular weight excluding hydrogens is 384 g/mol. The zero-order valence-electron chi connectivity index (χ0n) is 17.4. The van der Waals surface area contributed by atoms with Crippen molar-refractivity contribution in [1.82, 2.24) is 20.6 Å². The minimum atomic E-state index is -0.612. The summed E-state index contributed by atoms with van der Waals surface area (Å²) in [6.45, 7) is 3.89. The molecule has 0 atom stereocenters. The van der Waals surface area contributed by atoms with Crippen molar-refractivity contribution in [3.05, 3.63) is 53.3 Å². The Labute approximate surface area is 176 Å². The number of carbonyl (C=O) groups is 2. The van der Waals surface area contributed by atoms with Crippen LogP contribution in [0.1, 0.15) is 42.6 Å². The molecular formula is C22H28N4O4. The van der Waals surface area contributed by atoms with Crippen LogP contribution in [0.15, 0.2) is 36.4 Å². The quantitative estimate of drug-likeness (QED) is 0.725. The summed E-state index contributed by atoms with van der Waals surface area (Å²) in [6.07, 6.45) is 2.67. The zero-order chi connectivity index (χ0) is 21.3. The highest BCUT2D eigenvalue weighted by atomic mass is 16.5. The van der Waals surface area contributed by atoms with Crippen molar-refractivity contribution < 1.29 is 19.1 Å². The van der Waals surface area contributed by atoms with Crippen LogP contribution in [0.2, 0.25) is 0 Å². The van der Waals surface area contributed by atoms with Gasteiger partial charge in [-0.2, -0.15) is 0 Å². The Hall–Kier alpha value is -3.16. The molecule has 1 aromatic heterocycles. The fraction of sp³-hybridized carbons (Fsp3) is 0.455. The van der Waals surface area contributed by atoms with Gasteiger partial charge in [-0.25, -0.2) is 14.8 Å². The largest absolute Gasteiger partial charge is 0.460 e. The molecule has 0 unspecified atom stereocenters. The van der Waals surface area contributed by atoms with Crippen LogP contribution in [-0.4, -0.2) is 40.7 Å². The van der Waals surface area contributed by atoms with Gasteiger partial charge in [0.05, 0.1) is 0 Å². The highest BCUT2D eigenvalue weighted by Crippen LogP contribution is 2.22. The number of nitrogens with zero attached hydrogens (tertiary/aromatic N) is 2. The summed E-state index contributed by atoms with van der Waals surface area (Å²) in [5.74, 6) is -0.228. The summed E-state index contributed by atoms with van der Waals surface area (Å²) in [6, 6.07) is 11.8. The van der Waals surface area contributed by atoms with Gasteiger partial charge in [-0.1, -0.05) is 30.3 Å². The Morgan fingerprint density at radius 3 is 2.37 bits per heavy atom. The molecule has 0 aliphatic heterocycles. The summed E-state index contributed by atoms with van der Waals surface area (Å²) in [5, 5.41) is 5.43. The van der Waals surface area contributed by atoms with Gasteiger partial charge >= 0.3 is 12.1 Å². The second kappa shape index (κ2) is 10.6. The normalized spacial score (nSPS) is 18.3. The van der Waals surface area contributed by atoms with Crippen LogP contribution in [0.4, 0.5) is 4.79 Å². The molecule has 2 amide bonds. The maximum atomic E-state index is 12.1. The number of aromatic nitrogens is 2. The first-order valence-corrected chi connectivity index (χ1v) is 10.2. The standard InChI is InChI=1S/C22H28N4O4/c1-15-12-16(2)25-21(24-15)30-19-10-8-18(9-11-19)26-20(27)13-23-22(28)29-14-17-6-4-3-5-7-17/h3-7,12,18-19H,8-11,13-14H2,1-2H3,(H,23,28)(H,26,27). The number of rotatable bonds is 7. The number of hydrogen-bond acceptors (Lipinski definition) is 6. The van der Waals surface area contributed by atoms with Crippen molar-refractivity contribution in [3.8, 4) is 6.01 Å². The molecule has 0 spiro atoms. The predicted octanol–water partition coefficient (Wildman–Crippen LogP) is 2.83. The van der Waals surface area contributed by atoms with Gasteiger partial charge in [-0.05, 0) is 51.2 Å². The van der Waals surface area contributed by atoms with E-state index >= 15 is 0 Å². The number of carbonyl (C=O) groups excluding carboxylic acids is 2. The Balaban J connectivity index is 1.32. The van der Waals surface area contributed by atoms with Crippen molar-refractivity contribution in [2.45, 2.75) is 58.3 Å². The SMILES string of the molecule is Cc1cc(C)nc(OC2CCC(NC(=O)CNC(=O)OCc3ccccc3)CC2)n1. The van der Waals surface area contributed by atoms with E-state index in [0.717, 1.165) is 42.6 Å². The lowest BCUT2D eigenvalue weighted by atomic mass is 9.93. The first kappa shape index (κ1) is 21.5. The first-order valence-electron chi connectivity index (χ1n) is 10.2. The summed E-state index contributed by atoms with van der Waals surface area (Å²) in [7, 11) is 0. The van der Waals surface area contributed by atoms with Gasteiger partial charge in [0.15, 0.2) is 0 Å². The lowest BCUT2D eigenvalue weighted by Crippen LogP contribution is -2.44. The molecule has 1 aliphatic rings. The van der Waals surface area contributed by atoms with Gasteiger partial charge in [-0.3, -0.25) is 4.79 Å². The van der Waals surface area contributed by atoms with E-state index in [4.69, 9.17) is 9.47 Å². The van der Waals surface area contributed by atoms with Gasteiger partial charge in [-0.15, -0.1) is 0 Å². The molecule has 1 fully saturated rings. The van der Waals surface area contributed by atoms with E-state index < -0.39 is 6.09 Å². The minimum absolute atomic E-state index is 0.0467. The number of amides is 2. The molecule has 1 aromatic carbocycles. The summed E-state index contributed by atoms with van der Waals surface area (Å²) in [4.78, 5) is 32.5. The topological polar surface area (TPSA) is 102 Å². The maximum Gasteiger partial charge on any atom is 0.407 e. The molecule has 8 nitrogen and oxygen atoms in total. The Kier molecular flexibility index (Phi) is 7.59. The molecule has 8 heteroatoms. The molecule has 0 saturated heterocycles. The predicted molar refractivity (Wildman–Crippen MR) is 111 cm³/mol. The van der Waals surface area contributed by atoms with Gasteiger partial charge in [0.1, 0.15) is 19.3 Å². The van der Waals surface area contributed by atoms with Crippen molar-refractivity contribution in [1.29, 1.82) is 0 Å². The van der Waals surface area contributed by atoms with E-state index in [9.17, 15) is 9.59 Å². The number of alkyl carbamates (subject to hydrolysis) is 1. The second-order valence-corrected chi connectivity index (χ2v) is 7.51. The van der Waals surface area contributed by atoms with E-state index in [2.05, 4.69) is 20.6 Å². The highest BCUT2D eigenvalue weighted by Gasteiger charge is 2.24. The van der Waals surface area contributed by atoms with E-state index in [0.29, 0.717) is 6.01 Å². The van der Waals surface area contributed by atoms with Crippen LogP contribution >= 0.6 is 0 Å². The second-order valence-electron chi connectivity index (χ2n) is 7.51.